The third-order valence-corrected chi connectivity index (χ3v) is 3.13. The fourth-order valence-electron chi connectivity index (χ4n) is 2.01. The van der Waals surface area contributed by atoms with E-state index in [0.717, 1.165) is 11.8 Å². The van der Waals surface area contributed by atoms with Crippen LogP contribution in [0.3, 0.4) is 0 Å². The molecule has 0 unspecified atom stereocenters. The number of imidazole rings is 2. The Morgan fingerprint density at radius 2 is 2.04 bits per heavy atom. The smallest absolute Gasteiger partial charge is 0.356 e. The first kappa shape index (κ1) is 14.9. The molecule has 0 saturated carbocycles. The fourth-order valence-corrected chi connectivity index (χ4v) is 2.01. The van der Waals surface area contributed by atoms with Crippen LogP contribution in [0.15, 0.2) is 48.9 Å². The molecule has 0 aliphatic rings. The van der Waals surface area contributed by atoms with Crippen LogP contribution in [0.5, 0.6) is 0 Å². The molecule has 0 fully saturated rings. The van der Waals surface area contributed by atoms with Crippen molar-refractivity contribution in [3.05, 3.63) is 60.4 Å². The summed E-state index contributed by atoms with van der Waals surface area (Å²) in [6.07, 6.45) is 3.68. The van der Waals surface area contributed by atoms with Gasteiger partial charge in [0.15, 0.2) is 5.82 Å². The number of ether oxygens (including phenoxy) is 1. The summed E-state index contributed by atoms with van der Waals surface area (Å²) in [5.41, 5.74) is 0.957. The number of aromatic amines is 1. The predicted molar refractivity (Wildman–Crippen MR) is 76.6 cm³/mol. The van der Waals surface area contributed by atoms with E-state index in [-0.39, 0.29) is 18.1 Å². The summed E-state index contributed by atoms with van der Waals surface area (Å²) in [7, 11) is 0. The van der Waals surface area contributed by atoms with Gasteiger partial charge in [0.25, 0.3) is 0 Å². The number of H-pyrrole nitrogens is 1. The van der Waals surface area contributed by atoms with E-state index in [0.29, 0.717) is 10.4 Å². The first-order valence-electron chi connectivity index (χ1n) is 6.72. The van der Waals surface area contributed by atoms with E-state index >= 15 is 0 Å². The topological polar surface area (TPSA) is 72.8 Å². The number of halogens is 2. The van der Waals surface area contributed by atoms with Gasteiger partial charge in [-0.15, -0.1) is 0 Å². The van der Waals surface area contributed by atoms with Crippen LogP contribution < -0.4 is 0 Å². The summed E-state index contributed by atoms with van der Waals surface area (Å²) in [5, 5.41) is 0. The maximum absolute atomic E-state index is 12.7. The Morgan fingerprint density at radius 3 is 2.78 bits per heavy atom. The molecule has 6 nitrogen and oxygen atoms in total. The molecule has 2 aromatic heterocycles. The van der Waals surface area contributed by atoms with Gasteiger partial charge in [-0.1, -0.05) is 30.3 Å². The molecule has 1 N–H and O–H groups in total. The molecule has 0 spiro atoms. The highest BCUT2D eigenvalue weighted by molar-refractivity contribution is 5.87. The number of carbonyl (C=O) groups is 1. The minimum absolute atomic E-state index is 0.0313. The number of alkyl halides is 2. The third-order valence-electron chi connectivity index (χ3n) is 3.13. The third kappa shape index (κ3) is 3.25. The van der Waals surface area contributed by atoms with Crippen molar-refractivity contribution in [2.75, 3.05) is 0 Å². The highest BCUT2D eigenvalue weighted by atomic mass is 19.3. The van der Waals surface area contributed by atoms with Crippen LogP contribution in [0.2, 0.25) is 0 Å². The Kier molecular flexibility index (Phi) is 4.13. The van der Waals surface area contributed by atoms with Crippen molar-refractivity contribution in [3.8, 4) is 11.4 Å². The quantitative estimate of drug-likeness (QED) is 0.734. The zero-order valence-corrected chi connectivity index (χ0v) is 11.8. The Bertz CT molecular complexity index is 799. The largest absolute Gasteiger partial charge is 0.453 e. The van der Waals surface area contributed by atoms with Gasteiger partial charge < -0.3 is 9.72 Å². The van der Waals surface area contributed by atoms with Gasteiger partial charge in [0.05, 0.1) is 6.20 Å². The van der Waals surface area contributed by atoms with Gasteiger partial charge in [0, 0.05) is 18.0 Å². The maximum atomic E-state index is 12.7. The van der Waals surface area contributed by atoms with Crippen molar-refractivity contribution in [3.63, 3.8) is 0 Å². The summed E-state index contributed by atoms with van der Waals surface area (Å²) in [6, 6.07) is 9.24. The molecule has 0 atom stereocenters. The van der Waals surface area contributed by atoms with Crippen LogP contribution in [-0.4, -0.2) is 25.5 Å². The average Bonchev–Trinajstić information content (AvgIpc) is 3.22. The summed E-state index contributed by atoms with van der Waals surface area (Å²) in [6.45, 7) is -3.08. The predicted octanol–water partition coefficient (Wildman–Crippen LogP) is 3.03. The first-order chi connectivity index (χ1) is 11.1. The minimum Gasteiger partial charge on any atom is -0.453 e. The monoisotopic (exact) mass is 318 g/mol. The lowest BCUT2D eigenvalue weighted by Crippen LogP contribution is -2.10. The van der Waals surface area contributed by atoms with Crippen LogP contribution in [-0.2, 0) is 11.3 Å². The van der Waals surface area contributed by atoms with Crippen molar-refractivity contribution in [1.82, 2.24) is 19.5 Å². The van der Waals surface area contributed by atoms with Crippen LogP contribution in [0.25, 0.3) is 11.4 Å². The van der Waals surface area contributed by atoms with Crippen molar-refractivity contribution in [2.45, 2.75) is 13.2 Å². The Morgan fingerprint density at radius 1 is 1.26 bits per heavy atom. The van der Waals surface area contributed by atoms with Crippen molar-refractivity contribution >= 4 is 5.97 Å². The molecule has 0 saturated heterocycles. The molecule has 0 amide bonds. The van der Waals surface area contributed by atoms with Gasteiger partial charge in [-0.3, -0.25) is 4.57 Å². The zero-order chi connectivity index (χ0) is 16.2. The number of esters is 1. The van der Waals surface area contributed by atoms with Gasteiger partial charge in [-0.2, -0.15) is 8.78 Å². The molecule has 0 aliphatic heterocycles. The van der Waals surface area contributed by atoms with Crippen LogP contribution in [0.1, 0.15) is 22.9 Å². The standard InChI is InChI=1S/C15H12F2N4O2/c16-15(17)21-7-6-18-12(21)9-23-14(22)11-8-19-13(20-11)10-4-2-1-3-5-10/h1-8,15H,9H2,(H,19,20). The first-order valence-corrected chi connectivity index (χ1v) is 6.72. The number of nitrogens with zero attached hydrogens (tertiary/aromatic N) is 3. The lowest BCUT2D eigenvalue weighted by Gasteiger charge is -2.06. The van der Waals surface area contributed by atoms with E-state index in [1.54, 1.807) is 0 Å². The van der Waals surface area contributed by atoms with Gasteiger partial charge in [-0.05, 0) is 0 Å². The second-order valence-electron chi connectivity index (χ2n) is 4.62. The van der Waals surface area contributed by atoms with E-state index < -0.39 is 12.5 Å². The van der Waals surface area contributed by atoms with Crippen LogP contribution in [0, 0.1) is 0 Å². The molecule has 0 bridgehead atoms. The molecular formula is C15H12F2N4O2. The molecule has 0 radical (unpaired) electrons. The zero-order valence-electron chi connectivity index (χ0n) is 11.8. The van der Waals surface area contributed by atoms with E-state index in [9.17, 15) is 13.6 Å². The van der Waals surface area contributed by atoms with E-state index in [2.05, 4.69) is 15.0 Å². The number of nitrogens with one attached hydrogen (secondary N) is 1. The average molecular weight is 318 g/mol. The highest BCUT2D eigenvalue weighted by Gasteiger charge is 2.16. The molecule has 118 valence electrons. The molecule has 3 rings (SSSR count). The Hall–Kier alpha value is -3.03. The molecular weight excluding hydrogens is 306 g/mol. The highest BCUT2D eigenvalue weighted by Crippen LogP contribution is 2.16. The fraction of sp³-hybridized carbons (Fsp3) is 0.133. The van der Waals surface area contributed by atoms with Gasteiger partial charge in [0.2, 0.25) is 0 Å². The van der Waals surface area contributed by atoms with Crippen LogP contribution in [0.4, 0.5) is 8.78 Å². The summed E-state index contributed by atoms with van der Waals surface area (Å²) in [5.74, 6) is -0.203. The second kappa shape index (κ2) is 6.39. The molecule has 3 aromatic rings. The number of hydrogen-bond donors (Lipinski definition) is 1. The number of hydrogen-bond acceptors (Lipinski definition) is 4. The minimum atomic E-state index is -2.73. The normalized spacial score (nSPS) is 10.9. The molecule has 23 heavy (non-hydrogen) atoms. The number of carbonyl (C=O) groups excluding carboxylic acids is 1. The van der Waals surface area contributed by atoms with Gasteiger partial charge >= 0.3 is 12.5 Å². The second-order valence-corrected chi connectivity index (χ2v) is 4.62. The molecule has 8 heteroatoms. The summed E-state index contributed by atoms with van der Waals surface area (Å²) in [4.78, 5) is 22.6. The van der Waals surface area contributed by atoms with E-state index in [1.165, 1.54) is 12.4 Å². The molecule has 2 heterocycles. The lowest BCUT2D eigenvalue weighted by molar-refractivity contribution is 0.0371. The molecule has 0 aliphatic carbocycles. The summed E-state index contributed by atoms with van der Waals surface area (Å²) < 4.78 is 31.0. The number of rotatable bonds is 5. The van der Waals surface area contributed by atoms with Crippen LogP contribution >= 0.6 is 0 Å². The SMILES string of the molecule is O=C(OCc1nccn1C(F)F)c1cnc(-c2ccccc2)[nH]1. The number of aromatic nitrogens is 4. The van der Waals surface area contributed by atoms with E-state index in [1.807, 2.05) is 30.3 Å². The van der Waals surface area contributed by atoms with E-state index in [4.69, 9.17) is 4.74 Å². The van der Waals surface area contributed by atoms with Crippen molar-refractivity contribution in [1.29, 1.82) is 0 Å². The maximum Gasteiger partial charge on any atom is 0.356 e. The molecule has 1 aromatic carbocycles. The van der Waals surface area contributed by atoms with Crippen molar-refractivity contribution in [2.24, 2.45) is 0 Å². The van der Waals surface area contributed by atoms with Gasteiger partial charge in [-0.25, -0.2) is 14.8 Å². The Labute approximate surface area is 129 Å². The number of benzene rings is 1. The summed E-state index contributed by atoms with van der Waals surface area (Å²) >= 11 is 0. The van der Waals surface area contributed by atoms with Gasteiger partial charge in [0.1, 0.15) is 18.1 Å². The lowest BCUT2D eigenvalue weighted by atomic mass is 10.2. The Balaban J connectivity index is 1.67. The van der Waals surface area contributed by atoms with Crippen molar-refractivity contribution < 1.29 is 18.3 Å².